The number of nitrogens with two attached hydrogens (primary N) is 1. The number of aryl methyl sites for hydroxylation is 1. The number of piperazine rings is 1. The van der Waals surface area contributed by atoms with Crippen LogP contribution in [0.3, 0.4) is 0 Å². The lowest BCUT2D eigenvalue weighted by atomic mass is 9.96. The molecule has 0 radical (unpaired) electrons. The van der Waals surface area contributed by atoms with Gasteiger partial charge in [0.05, 0.1) is 23.4 Å². The van der Waals surface area contributed by atoms with E-state index in [1.165, 1.54) is 18.7 Å². The summed E-state index contributed by atoms with van der Waals surface area (Å²) in [5.41, 5.74) is 6.23. The molecule has 0 spiro atoms. The van der Waals surface area contributed by atoms with Gasteiger partial charge < -0.3 is 25.6 Å². The van der Waals surface area contributed by atoms with Crippen LogP contribution >= 0.6 is 11.8 Å². The molecule has 2 saturated heterocycles. The molecule has 0 bridgehead atoms. The number of anilines is 2. The molecule has 13 nitrogen and oxygen atoms in total. The minimum atomic E-state index is -0.554. The first kappa shape index (κ1) is 32.2. The number of carbonyl (C=O) groups is 3. The zero-order valence-corrected chi connectivity index (χ0v) is 30.4. The summed E-state index contributed by atoms with van der Waals surface area (Å²) < 4.78 is 39.3. The van der Waals surface area contributed by atoms with Gasteiger partial charge in [0.1, 0.15) is 11.4 Å². The molecule has 2 fully saturated rings. The van der Waals surface area contributed by atoms with Crippen LogP contribution in [0.15, 0.2) is 47.5 Å². The van der Waals surface area contributed by atoms with E-state index >= 15 is 0 Å². The van der Waals surface area contributed by atoms with E-state index in [0.717, 1.165) is 38.2 Å². The average molecular weight is 718 g/mol. The molecule has 3 amide bonds. The molecule has 0 unspecified atom stereocenters. The average Bonchev–Trinajstić information content (AvgIpc) is 3.14. The van der Waals surface area contributed by atoms with Crippen molar-refractivity contribution in [3.05, 3.63) is 65.2 Å². The van der Waals surface area contributed by atoms with Crippen LogP contribution in [-0.2, 0) is 26.5 Å². The zero-order chi connectivity index (χ0) is 40.0. The molecular formula is C37H47N9O4S. The lowest BCUT2D eigenvalue weighted by Gasteiger charge is -2.39. The van der Waals surface area contributed by atoms with Crippen molar-refractivity contribution in [1.82, 2.24) is 29.7 Å². The first-order valence-electron chi connectivity index (χ1n) is 19.0. The van der Waals surface area contributed by atoms with Crippen LogP contribution < -0.4 is 11.1 Å². The molecular weight excluding hydrogens is 667 g/mol. The predicted octanol–water partition coefficient (Wildman–Crippen LogP) is 5.65. The summed E-state index contributed by atoms with van der Waals surface area (Å²) in [4.78, 5) is 60.1. The van der Waals surface area contributed by atoms with Crippen LogP contribution in [0.2, 0.25) is 0 Å². The van der Waals surface area contributed by atoms with Crippen LogP contribution in [-0.4, -0.2) is 99.0 Å². The molecule has 2 aliphatic heterocycles. The number of aromatic nitrogens is 3. The van der Waals surface area contributed by atoms with Gasteiger partial charge in [-0.2, -0.15) is 0 Å². The summed E-state index contributed by atoms with van der Waals surface area (Å²) in [5.74, 6) is 0.184. The van der Waals surface area contributed by atoms with Crippen molar-refractivity contribution in [1.29, 1.82) is 0 Å². The van der Waals surface area contributed by atoms with Crippen molar-refractivity contribution in [2.24, 2.45) is 5.92 Å². The highest BCUT2D eigenvalue weighted by Gasteiger charge is 2.29. The van der Waals surface area contributed by atoms with E-state index in [9.17, 15) is 14.4 Å². The van der Waals surface area contributed by atoms with Crippen LogP contribution in [0.25, 0.3) is 16.1 Å². The number of pyridine rings is 1. The summed E-state index contributed by atoms with van der Waals surface area (Å²) in [5, 5.41) is 2.48. The van der Waals surface area contributed by atoms with Crippen molar-refractivity contribution < 1.29 is 24.6 Å². The van der Waals surface area contributed by atoms with Crippen molar-refractivity contribution in [3.63, 3.8) is 0 Å². The SMILES string of the molecule is [2H]c1c([2H])c(-c2nc(SCc3cccc(CCC(=O)N4CCN(CC5CCN(C(=O)OC(C)(C)C)CC5)CC4)n3)nc(N)c2[N+]#[C-])c([2H])c([2H])c1NC(C)=O. The Morgan fingerprint density at radius 2 is 1.71 bits per heavy atom. The molecule has 4 heterocycles. The number of hydrogen-bond acceptors (Lipinski definition) is 10. The van der Waals surface area contributed by atoms with E-state index in [0.29, 0.717) is 56.4 Å². The third-order valence-electron chi connectivity index (χ3n) is 8.48. The molecule has 0 saturated carbocycles. The monoisotopic (exact) mass is 717 g/mol. The van der Waals surface area contributed by atoms with Gasteiger partial charge in [-0.15, -0.1) is 0 Å². The maximum atomic E-state index is 13.2. The second kappa shape index (κ2) is 17.0. The highest BCUT2D eigenvalue weighted by atomic mass is 32.2. The van der Waals surface area contributed by atoms with Gasteiger partial charge in [-0.25, -0.2) is 19.6 Å². The molecule has 3 N–H and O–H groups in total. The van der Waals surface area contributed by atoms with Gasteiger partial charge in [-0.3, -0.25) is 19.5 Å². The number of ether oxygens (including phenoxy) is 1. The van der Waals surface area contributed by atoms with Gasteiger partial charge in [-0.05, 0) is 75.7 Å². The van der Waals surface area contributed by atoms with E-state index in [1.54, 1.807) is 4.90 Å². The smallest absolute Gasteiger partial charge is 0.410 e. The van der Waals surface area contributed by atoms with Crippen molar-refractivity contribution >= 4 is 46.9 Å². The third-order valence-corrected chi connectivity index (χ3v) is 9.36. The van der Waals surface area contributed by atoms with Crippen LogP contribution in [0, 0.1) is 12.5 Å². The Balaban J connectivity index is 1.13. The Morgan fingerprint density at radius 1 is 1.02 bits per heavy atom. The number of rotatable bonds is 10. The van der Waals surface area contributed by atoms with Gasteiger partial charge in [0.15, 0.2) is 5.16 Å². The maximum absolute atomic E-state index is 13.2. The molecule has 0 aliphatic carbocycles. The molecule has 3 aromatic rings. The Morgan fingerprint density at radius 3 is 2.35 bits per heavy atom. The van der Waals surface area contributed by atoms with E-state index in [1.807, 2.05) is 43.9 Å². The van der Waals surface area contributed by atoms with Crippen LogP contribution in [0.5, 0.6) is 0 Å². The molecule has 1 aromatic carbocycles. The van der Waals surface area contributed by atoms with Gasteiger partial charge in [0, 0.05) is 76.3 Å². The molecule has 0 atom stereocenters. The minimum absolute atomic E-state index is 0.0857. The fourth-order valence-electron chi connectivity index (χ4n) is 5.92. The first-order chi connectivity index (χ1) is 26.0. The molecule has 5 rings (SSSR count). The number of nitrogens with zero attached hydrogens (tertiary/aromatic N) is 7. The van der Waals surface area contributed by atoms with Crippen LogP contribution in [0.4, 0.5) is 22.0 Å². The largest absolute Gasteiger partial charge is 0.444 e. The summed E-state index contributed by atoms with van der Waals surface area (Å²) in [7, 11) is 0. The van der Waals surface area contributed by atoms with Crippen molar-refractivity contribution in [2.75, 3.05) is 56.9 Å². The number of carbonyl (C=O) groups excluding carboxylic acids is 3. The molecule has 2 aromatic heterocycles. The Labute approximate surface area is 309 Å². The maximum Gasteiger partial charge on any atom is 0.410 e. The fraction of sp³-hybridized carbons (Fsp3) is 0.486. The lowest BCUT2D eigenvalue weighted by molar-refractivity contribution is -0.133. The number of likely N-dealkylation sites (tertiary alicyclic amines) is 1. The van der Waals surface area contributed by atoms with Crippen LogP contribution in [0.1, 0.15) is 63.8 Å². The number of nitrogen functional groups attached to an aromatic ring is 1. The Hall–Kier alpha value is -4.74. The molecule has 2 aliphatic rings. The summed E-state index contributed by atoms with van der Waals surface area (Å²) in [6.07, 6.45) is 2.44. The summed E-state index contributed by atoms with van der Waals surface area (Å²) >= 11 is 1.18. The molecule has 51 heavy (non-hydrogen) atoms. The van der Waals surface area contributed by atoms with Crippen molar-refractivity contribution in [2.45, 2.75) is 69.9 Å². The summed E-state index contributed by atoms with van der Waals surface area (Å²) in [6, 6.07) is 3.63. The number of amides is 3. The zero-order valence-electron chi connectivity index (χ0n) is 33.5. The van der Waals surface area contributed by atoms with Crippen molar-refractivity contribution in [3.8, 4) is 11.3 Å². The molecule has 270 valence electrons. The predicted molar refractivity (Wildman–Crippen MR) is 198 cm³/mol. The van der Waals surface area contributed by atoms with Gasteiger partial charge in [-0.1, -0.05) is 29.9 Å². The number of benzene rings is 1. The number of hydrogen-bond donors (Lipinski definition) is 2. The van der Waals surface area contributed by atoms with Gasteiger partial charge in [0.2, 0.25) is 11.8 Å². The van der Waals surface area contributed by atoms with E-state index in [4.69, 9.17) is 27.5 Å². The summed E-state index contributed by atoms with van der Waals surface area (Å²) in [6.45, 7) is 19.8. The number of thioether (sulfide) groups is 1. The topological polar surface area (TPSA) is 151 Å². The highest BCUT2D eigenvalue weighted by Crippen LogP contribution is 2.35. The highest BCUT2D eigenvalue weighted by molar-refractivity contribution is 7.98. The standard InChI is InChI=1S/C37H47N9O4S/c1-25(47)40-29-11-9-27(10-12-29)32-33(39-5)34(38)43-35(42-32)51-24-30-8-6-7-28(41-30)13-14-31(48)45-21-19-44(20-22-45)23-26-15-17-46(18-16-26)36(49)50-37(2,3)4/h6-12,26H,13-24H2,1-4H3,(H,40,47)(H2,38,42,43)/i9D,10D,11D,12D. The second-order valence-electron chi connectivity index (χ2n) is 13.6. The van der Waals surface area contributed by atoms with E-state index < -0.39 is 35.7 Å². The fourth-order valence-corrected chi connectivity index (χ4v) is 6.68. The first-order valence-corrected chi connectivity index (χ1v) is 18.0. The van der Waals surface area contributed by atoms with E-state index in [-0.39, 0.29) is 45.6 Å². The Bertz CT molecular complexity index is 1950. The van der Waals surface area contributed by atoms with Gasteiger partial charge >= 0.3 is 6.09 Å². The lowest BCUT2D eigenvalue weighted by Crippen LogP contribution is -2.51. The second-order valence-corrected chi connectivity index (χ2v) is 14.6. The number of nitrogens with one attached hydrogen (secondary N) is 1. The molecule has 14 heteroatoms. The Kier molecular flexibility index (Phi) is 10.7. The minimum Gasteiger partial charge on any atom is -0.444 e. The third kappa shape index (κ3) is 10.9. The van der Waals surface area contributed by atoms with Gasteiger partial charge in [0.25, 0.3) is 5.69 Å². The quantitative estimate of drug-likeness (QED) is 0.153. The van der Waals surface area contributed by atoms with E-state index in [2.05, 4.69) is 25.0 Å². The number of piperidine rings is 1. The normalized spacial score (nSPS) is 16.8.